The Morgan fingerprint density at radius 2 is 1.71 bits per heavy atom. The molecule has 0 aromatic heterocycles. The molecule has 0 saturated heterocycles. The monoisotopic (exact) mass is 302 g/mol. The van der Waals surface area contributed by atoms with Crippen LogP contribution in [0.1, 0.15) is 10.4 Å². The molecule has 0 aliphatic carbocycles. The number of carbonyl (C=O) groups excluding carboxylic acids is 1. The van der Waals surface area contributed by atoms with Crippen LogP contribution < -0.4 is 4.74 Å². The number of hydrogen-bond acceptors (Lipinski definition) is 3. The minimum Gasteiger partial charge on any atom is -0.478 e. The van der Waals surface area contributed by atoms with Crippen LogP contribution in [-0.4, -0.2) is 16.9 Å². The topological polar surface area (TPSA) is 63.6 Å². The molecule has 0 aliphatic heterocycles. The summed E-state index contributed by atoms with van der Waals surface area (Å²) in [5.41, 5.74) is 0.381. The van der Waals surface area contributed by atoms with E-state index in [2.05, 4.69) is 0 Å². The number of ether oxygens (including phenoxy) is 1. The predicted molar refractivity (Wildman–Crippen MR) is 79.1 cm³/mol. The number of allylic oxidation sites excluding steroid dienone is 1. The van der Waals surface area contributed by atoms with Crippen molar-refractivity contribution in [2.24, 2.45) is 0 Å². The van der Waals surface area contributed by atoms with Crippen molar-refractivity contribution >= 4 is 23.4 Å². The van der Waals surface area contributed by atoms with Crippen molar-refractivity contribution in [1.82, 2.24) is 0 Å². The van der Waals surface area contributed by atoms with Crippen LogP contribution in [0.4, 0.5) is 0 Å². The van der Waals surface area contributed by atoms with Gasteiger partial charge in [0.25, 0.3) is 0 Å². The van der Waals surface area contributed by atoms with Gasteiger partial charge < -0.3 is 9.84 Å². The van der Waals surface area contributed by atoms with Crippen LogP contribution in [0.2, 0.25) is 5.02 Å². The fraction of sp³-hybridized carbons (Fsp3) is 0. The number of hydrogen-bond donors (Lipinski definition) is 1. The van der Waals surface area contributed by atoms with E-state index in [9.17, 15) is 9.59 Å². The summed E-state index contributed by atoms with van der Waals surface area (Å²) in [4.78, 5) is 22.0. The zero-order valence-corrected chi connectivity index (χ0v) is 11.6. The molecule has 0 spiro atoms. The lowest BCUT2D eigenvalue weighted by atomic mass is 10.1. The quantitative estimate of drug-likeness (QED) is 0.671. The lowest BCUT2D eigenvalue weighted by molar-refractivity contribution is -0.131. The van der Waals surface area contributed by atoms with Gasteiger partial charge in [-0.3, -0.25) is 4.79 Å². The molecule has 0 fully saturated rings. The highest BCUT2D eigenvalue weighted by Gasteiger charge is 2.04. The number of carbonyl (C=O) groups is 2. The first-order chi connectivity index (χ1) is 10.0. The fourth-order valence-corrected chi connectivity index (χ4v) is 1.78. The normalized spacial score (nSPS) is 10.5. The molecule has 0 heterocycles. The third kappa shape index (κ3) is 4.47. The molecule has 5 heteroatoms. The Morgan fingerprint density at radius 1 is 1.00 bits per heavy atom. The molecule has 0 atom stereocenters. The molecule has 21 heavy (non-hydrogen) atoms. The van der Waals surface area contributed by atoms with Gasteiger partial charge in [-0.1, -0.05) is 17.7 Å². The second-order valence-electron chi connectivity index (χ2n) is 4.12. The maximum atomic E-state index is 11.7. The molecule has 0 saturated carbocycles. The summed E-state index contributed by atoms with van der Waals surface area (Å²) < 4.78 is 5.58. The van der Waals surface area contributed by atoms with Crippen molar-refractivity contribution < 1.29 is 19.4 Å². The molecule has 0 unspecified atom stereocenters. The van der Waals surface area contributed by atoms with Gasteiger partial charge in [0, 0.05) is 16.7 Å². The van der Waals surface area contributed by atoms with Crippen LogP contribution in [0, 0.1) is 0 Å². The standard InChI is InChI=1S/C16H11ClO4/c17-12-2-1-3-14(10-12)21-13-6-4-11(5-7-13)15(18)8-9-16(19)20/h1-10H,(H,19,20). The first kappa shape index (κ1) is 14.8. The molecule has 0 bridgehead atoms. The maximum Gasteiger partial charge on any atom is 0.328 e. The number of carboxylic acid groups (broad SMARTS) is 1. The minimum absolute atomic E-state index is 0.381. The molecule has 0 aliphatic rings. The van der Waals surface area contributed by atoms with Crippen LogP contribution in [0.15, 0.2) is 60.7 Å². The smallest absolute Gasteiger partial charge is 0.328 e. The number of rotatable bonds is 5. The van der Waals surface area contributed by atoms with E-state index in [1.807, 2.05) is 0 Å². The number of aliphatic carboxylic acids is 1. The summed E-state index contributed by atoms with van der Waals surface area (Å²) in [6.07, 6.45) is 1.81. The Hall–Kier alpha value is -2.59. The lowest BCUT2D eigenvalue weighted by Crippen LogP contribution is -1.96. The molecule has 4 nitrogen and oxygen atoms in total. The zero-order chi connectivity index (χ0) is 15.2. The molecule has 0 amide bonds. The van der Waals surface area contributed by atoms with Gasteiger partial charge in [-0.05, 0) is 48.5 Å². The van der Waals surface area contributed by atoms with E-state index in [0.29, 0.717) is 22.1 Å². The first-order valence-electron chi connectivity index (χ1n) is 6.03. The van der Waals surface area contributed by atoms with E-state index in [4.69, 9.17) is 21.4 Å². The van der Waals surface area contributed by atoms with E-state index in [0.717, 1.165) is 12.2 Å². The maximum absolute atomic E-state index is 11.7. The van der Waals surface area contributed by atoms with Crippen molar-refractivity contribution in [2.75, 3.05) is 0 Å². The summed E-state index contributed by atoms with van der Waals surface area (Å²) in [6, 6.07) is 13.3. The lowest BCUT2D eigenvalue weighted by Gasteiger charge is -2.06. The van der Waals surface area contributed by atoms with E-state index >= 15 is 0 Å². The van der Waals surface area contributed by atoms with Gasteiger partial charge in [-0.15, -0.1) is 0 Å². The van der Waals surface area contributed by atoms with Gasteiger partial charge in [0.2, 0.25) is 0 Å². The average Bonchev–Trinajstić information content (AvgIpc) is 2.45. The van der Waals surface area contributed by atoms with E-state index in [-0.39, 0.29) is 5.78 Å². The average molecular weight is 303 g/mol. The molecule has 2 aromatic carbocycles. The second-order valence-corrected chi connectivity index (χ2v) is 4.56. The minimum atomic E-state index is -1.16. The molecule has 106 valence electrons. The van der Waals surface area contributed by atoms with Gasteiger partial charge in [-0.2, -0.15) is 0 Å². The van der Waals surface area contributed by atoms with Crippen LogP contribution in [-0.2, 0) is 4.79 Å². The third-order valence-corrected chi connectivity index (χ3v) is 2.78. The van der Waals surface area contributed by atoms with Crippen LogP contribution in [0.3, 0.4) is 0 Å². The summed E-state index contributed by atoms with van der Waals surface area (Å²) in [5.74, 6) is -0.403. The Morgan fingerprint density at radius 3 is 2.33 bits per heavy atom. The highest BCUT2D eigenvalue weighted by atomic mass is 35.5. The van der Waals surface area contributed by atoms with Crippen LogP contribution in [0.5, 0.6) is 11.5 Å². The first-order valence-corrected chi connectivity index (χ1v) is 6.41. The van der Waals surface area contributed by atoms with Gasteiger partial charge in [0.1, 0.15) is 11.5 Å². The van der Waals surface area contributed by atoms with Crippen LogP contribution >= 0.6 is 11.6 Å². The van der Waals surface area contributed by atoms with Crippen molar-refractivity contribution in [3.63, 3.8) is 0 Å². The third-order valence-electron chi connectivity index (χ3n) is 2.55. The van der Waals surface area contributed by atoms with Gasteiger partial charge in [0.15, 0.2) is 5.78 Å². The molecule has 2 aromatic rings. The second kappa shape index (κ2) is 6.72. The molecule has 2 rings (SSSR count). The summed E-state index contributed by atoms with van der Waals surface area (Å²) in [5, 5.41) is 9.04. The van der Waals surface area contributed by atoms with E-state index in [1.54, 1.807) is 48.5 Å². The molecular weight excluding hydrogens is 292 g/mol. The molecule has 1 N–H and O–H groups in total. The summed E-state index contributed by atoms with van der Waals surface area (Å²) >= 11 is 5.86. The zero-order valence-electron chi connectivity index (χ0n) is 10.8. The van der Waals surface area contributed by atoms with Gasteiger partial charge in [-0.25, -0.2) is 4.79 Å². The van der Waals surface area contributed by atoms with E-state index in [1.165, 1.54) is 0 Å². The SMILES string of the molecule is O=C(O)C=CC(=O)c1ccc(Oc2cccc(Cl)c2)cc1. The Bertz CT molecular complexity index is 690. The van der Waals surface area contributed by atoms with Crippen molar-refractivity contribution in [1.29, 1.82) is 0 Å². The largest absolute Gasteiger partial charge is 0.478 e. The number of halogens is 1. The fourth-order valence-electron chi connectivity index (χ4n) is 1.60. The van der Waals surface area contributed by atoms with Crippen LogP contribution in [0.25, 0.3) is 0 Å². The Kier molecular flexibility index (Phi) is 4.74. The summed E-state index contributed by atoms with van der Waals surface area (Å²) in [7, 11) is 0. The van der Waals surface area contributed by atoms with Crippen molar-refractivity contribution in [2.45, 2.75) is 0 Å². The Labute approximate surface area is 126 Å². The molecule has 0 radical (unpaired) electrons. The van der Waals surface area contributed by atoms with Crippen molar-refractivity contribution in [3.05, 3.63) is 71.3 Å². The predicted octanol–water partition coefficient (Wildman–Crippen LogP) is 3.96. The molecular formula is C16H11ClO4. The number of carboxylic acids is 1. The van der Waals surface area contributed by atoms with Crippen molar-refractivity contribution in [3.8, 4) is 11.5 Å². The summed E-state index contributed by atoms with van der Waals surface area (Å²) in [6.45, 7) is 0. The van der Waals surface area contributed by atoms with Gasteiger partial charge in [0.05, 0.1) is 0 Å². The van der Waals surface area contributed by atoms with E-state index < -0.39 is 5.97 Å². The Balaban J connectivity index is 2.08. The number of benzene rings is 2. The highest BCUT2D eigenvalue weighted by Crippen LogP contribution is 2.24. The highest BCUT2D eigenvalue weighted by molar-refractivity contribution is 6.30. The number of ketones is 1. The van der Waals surface area contributed by atoms with Gasteiger partial charge >= 0.3 is 5.97 Å².